The van der Waals surface area contributed by atoms with Gasteiger partial charge < -0.3 is 10.2 Å². The Bertz CT molecular complexity index is 329. The summed E-state index contributed by atoms with van der Waals surface area (Å²) in [5, 5.41) is 11.8. The topological polar surface area (TPSA) is 56.1 Å². The standard InChI is InChI=1S/C15H26ClN3O/c1-3-5-10-19(11-6-4-2)13-14(12-17)15(20)18-9-7-8-16/h13H,3-11H2,1-2H3,(H,18,20)/b14-13-. The van der Waals surface area contributed by atoms with Crippen molar-refractivity contribution < 1.29 is 4.79 Å². The summed E-state index contributed by atoms with van der Waals surface area (Å²) in [5.74, 6) is 0.195. The van der Waals surface area contributed by atoms with Crippen LogP contribution >= 0.6 is 11.6 Å². The van der Waals surface area contributed by atoms with E-state index in [9.17, 15) is 4.79 Å². The summed E-state index contributed by atoms with van der Waals surface area (Å²) in [4.78, 5) is 13.9. The number of hydrogen-bond donors (Lipinski definition) is 1. The van der Waals surface area contributed by atoms with Crippen molar-refractivity contribution in [2.45, 2.75) is 46.0 Å². The third-order valence-corrected chi connectivity index (χ3v) is 3.14. The maximum absolute atomic E-state index is 11.9. The van der Waals surface area contributed by atoms with Gasteiger partial charge in [-0.3, -0.25) is 4.79 Å². The van der Waals surface area contributed by atoms with Crippen molar-refractivity contribution in [3.8, 4) is 6.07 Å². The van der Waals surface area contributed by atoms with Crippen molar-refractivity contribution in [1.29, 1.82) is 5.26 Å². The second-order valence-electron chi connectivity index (χ2n) is 4.70. The molecular formula is C15H26ClN3O. The Hall–Kier alpha value is -1.21. The number of nitriles is 1. The van der Waals surface area contributed by atoms with E-state index in [1.807, 2.05) is 6.07 Å². The van der Waals surface area contributed by atoms with Gasteiger partial charge in [-0.25, -0.2) is 0 Å². The number of carbonyl (C=O) groups excluding carboxylic acids is 1. The predicted molar refractivity (Wildman–Crippen MR) is 83.4 cm³/mol. The summed E-state index contributed by atoms with van der Waals surface area (Å²) >= 11 is 5.56. The van der Waals surface area contributed by atoms with Crippen LogP contribution in [-0.4, -0.2) is 36.3 Å². The first kappa shape index (κ1) is 18.8. The summed E-state index contributed by atoms with van der Waals surface area (Å²) in [7, 11) is 0. The Morgan fingerprint density at radius 1 is 1.25 bits per heavy atom. The van der Waals surface area contributed by atoms with E-state index in [0.29, 0.717) is 18.8 Å². The van der Waals surface area contributed by atoms with Crippen molar-refractivity contribution >= 4 is 17.5 Å². The molecule has 5 heteroatoms. The van der Waals surface area contributed by atoms with E-state index in [1.165, 1.54) is 0 Å². The predicted octanol–water partition coefficient (Wildman–Crippen LogP) is 3.04. The average molecular weight is 300 g/mol. The van der Waals surface area contributed by atoms with Gasteiger partial charge in [0, 0.05) is 31.7 Å². The van der Waals surface area contributed by atoms with Gasteiger partial charge in [0.2, 0.25) is 0 Å². The molecule has 0 aromatic heterocycles. The number of nitrogens with zero attached hydrogens (tertiary/aromatic N) is 2. The number of carbonyl (C=O) groups is 1. The van der Waals surface area contributed by atoms with E-state index in [-0.39, 0.29) is 11.5 Å². The average Bonchev–Trinajstić information content (AvgIpc) is 2.46. The molecule has 0 aliphatic heterocycles. The molecule has 0 aromatic rings. The smallest absolute Gasteiger partial charge is 0.263 e. The molecule has 114 valence electrons. The summed E-state index contributed by atoms with van der Waals surface area (Å²) in [5.41, 5.74) is 0.173. The lowest BCUT2D eigenvalue weighted by Gasteiger charge is -2.20. The molecule has 0 fully saturated rings. The van der Waals surface area contributed by atoms with Crippen molar-refractivity contribution in [1.82, 2.24) is 10.2 Å². The fourth-order valence-corrected chi connectivity index (χ4v) is 1.78. The Balaban J connectivity index is 4.58. The van der Waals surface area contributed by atoms with Gasteiger partial charge in [-0.1, -0.05) is 26.7 Å². The van der Waals surface area contributed by atoms with E-state index in [4.69, 9.17) is 16.9 Å². The van der Waals surface area contributed by atoms with Crippen LogP contribution in [0, 0.1) is 11.3 Å². The zero-order valence-corrected chi connectivity index (χ0v) is 13.4. The lowest BCUT2D eigenvalue weighted by Crippen LogP contribution is -2.28. The highest BCUT2D eigenvalue weighted by molar-refractivity contribution is 6.17. The third-order valence-electron chi connectivity index (χ3n) is 2.87. The highest BCUT2D eigenvalue weighted by Gasteiger charge is 2.10. The van der Waals surface area contributed by atoms with Crippen LogP contribution in [0.15, 0.2) is 11.8 Å². The molecule has 0 radical (unpaired) electrons. The summed E-state index contributed by atoms with van der Waals surface area (Å²) in [6, 6.07) is 1.99. The normalized spacial score (nSPS) is 11.0. The Kier molecular flexibility index (Phi) is 12.0. The first-order valence-electron chi connectivity index (χ1n) is 7.39. The molecule has 0 heterocycles. The van der Waals surface area contributed by atoms with Crippen LogP contribution in [-0.2, 0) is 4.79 Å². The van der Waals surface area contributed by atoms with Crippen LogP contribution in [0.1, 0.15) is 46.0 Å². The van der Waals surface area contributed by atoms with Crippen LogP contribution in [0.4, 0.5) is 0 Å². The number of halogens is 1. The zero-order chi connectivity index (χ0) is 15.2. The Labute approximate surface area is 127 Å². The molecule has 0 saturated heterocycles. The van der Waals surface area contributed by atoms with Crippen LogP contribution in [0.3, 0.4) is 0 Å². The van der Waals surface area contributed by atoms with Crippen molar-refractivity contribution in [2.75, 3.05) is 25.5 Å². The fourth-order valence-electron chi connectivity index (χ4n) is 1.65. The maximum atomic E-state index is 11.9. The molecule has 1 N–H and O–H groups in total. The number of rotatable bonds is 11. The summed E-state index contributed by atoms with van der Waals surface area (Å²) < 4.78 is 0. The Morgan fingerprint density at radius 3 is 2.30 bits per heavy atom. The first-order valence-corrected chi connectivity index (χ1v) is 7.93. The van der Waals surface area contributed by atoms with Gasteiger partial charge >= 0.3 is 0 Å². The van der Waals surface area contributed by atoms with E-state index in [2.05, 4.69) is 24.1 Å². The molecule has 0 aromatic carbocycles. The van der Waals surface area contributed by atoms with Crippen molar-refractivity contribution in [3.63, 3.8) is 0 Å². The van der Waals surface area contributed by atoms with Crippen molar-refractivity contribution in [2.24, 2.45) is 0 Å². The van der Waals surface area contributed by atoms with Gasteiger partial charge in [-0.15, -0.1) is 11.6 Å². The Morgan fingerprint density at radius 2 is 1.85 bits per heavy atom. The van der Waals surface area contributed by atoms with Gasteiger partial charge in [0.05, 0.1) is 0 Å². The van der Waals surface area contributed by atoms with E-state index < -0.39 is 0 Å². The molecule has 4 nitrogen and oxygen atoms in total. The molecule has 0 unspecified atom stereocenters. The second-order valence-corrected chi connectivity index (χ2v) is 5.07. The highest BCUT2D eigenvalue weighted by Crippen LogP contribution is 2.04. The molecule has 0 spiro atoms. The van der Waals surface area contributed by atoms with Crippen LogP contribution < -0.4 is 5.32 Å². The zero-order valence-electron chi connectivity index (χ0n) is 12.6. The van der Waals surface area contributed by atoms with Crippen LogP contribution in [0.5, 0.6) is 0 Å². The maximum Gasteiger partial charge on any atom is 0.263 e. The van der Waals surface area contributed by atoms with E-state index in [0.717, 1.165) is 38.8 Å². The summed E-state index contributed by atoms with van der Waals surface area (Å²) in [6.45, 7) is 6.54. The van der Waals surface area contributed by atoms with E-state index >= 15 is 0 Å². The molecule has 0 bridgehead atoms. The molecule has 20 heavy (non-hydrogen) atoms. The quantitative estimate of drug-likeness (QED) is 0.276. The fraction of sp³-hybridized carbons (Fsp3) is 0.733. The van der Waals surface area contributed by atoms with Crippen LogP contribution in [0.25, 0.3) is 0 Å². The molecule has 0 atom stereocenters. The monoisotopic (exact) mass is 299 g/mol. The lowest BCUT2D eigenvalue weighted by molar-refractivity contribution is -0.117. The largest absolute Gasteiger partial charge is 0.376 e. The number of unbranched alkanes of at least 4 members (excludes halogenated alkanes) is 2. The highest BCUT2D eigenvalue weighted by atomic mass is 35.5. The summed E-state index contributed by atoms with van der Waals surface area (Å²) in [6.07, 6.45) is 6.73. The number of hydrogen-bond acceptors (Lipinski definition) is 3. The minimum Gasteiger partial charge on any atom is -0.376 e. The SMILES string of the molecule is CCCCN(/C=C(/C#N)C(=O)NCCCCl)CCCC. The molecular weight excluding hydrogens is 274 g/mol. The van der Waals surface area contributed by atoms with Gasteiger partial charge in [-0.05, 0) is 19.3 Å². The molecule has 1 amide bonds. The van der Waals surface area contributed by atoms with Gasteiger partial charge in [0.1, 0.15) is 11.6 Å². The first-order chi connectivity index (χ1) is 9.69. The lowest BCUT2D eigenvalue weighted by atomic mass is 10.2. The van der Waals surface area contributed by atoms with Gasteiger partial charge in [-0.2, -0.15) is 5.26 Å². The second kappa shape index (κ2) is 12.8. The number of nitrogens with one attached hydrogen (secondary N) is 1. The molecule has 0 rings (SSSR count). The molecule has 0 aliphatic rings. The van der Waals surface area contributed by atoms with Gasteiger partial charge in [0.25, 0.3) is 5.91 Å². The van der Waals surface area contributed by atoms with Gasteiger partial charge in [0.15, 0.2) is 0 Å². The van der Waals surface area contributed by atoms with E-state index in [1.54, 1.807) is 6.20 Å². The minimum atomic E-state index is -0.310. The van der Waals surface area contributed by atoms with Crippen molar-refractivity contribution in [3.05, 3.63) is 11.8 Å². The minimum absolute atomic E-state index is 0.173. The van der Waals surface area contributed by atoms with Crippen LogP contribution in [0.2, 0.25) is 0 Å². The molecule has 0 aliphatic carbocycles. The number of alkyl halides is 1. The third kappa shape index (κ3) is 8.82. The molecule has 0 saturated carbocycles. The number of amides is 1.